The van der Waals surface area contributed by atoms with Gasteiger partial charge in [-0.15, -0.1) is 0 Å². The number of amides is 1. The van der Waals surface area contributed by atoms with E-state index in [-0.39, 0.29) is 17.3 Å². The van der Waals surface area contributed by atoms with E-state index in [1.54, 1.807) is 0 Å². The minimum atomic E-state index is -4.53. The fourth-order valence-electron chi connectivity index (χ4n) is 2.52. The zero-order valence-electron chi connectivity index (χ0n) is 12.7. The normalized spacial score (nSPS) is 19.8. The summed E-state index contributed by atoms with van der Waals surface area (Å²) in [4.78, 5) is 13.2. The number of alkyl halides is 3. The SMILES string of the molecule is CN(C)C(=O)C1CCCN1S(=O)(=O)c1ccc(C(F)(F)F)cc1. The molecule has 1 fully saturated rings. The number of sulfonamides is 1. The van der Waals surface area contributed by atoms with Gasteiger partial charge in [0.05, 0.1) is 10.5 Å². The first-order chi connectivity index (χ1) is 10.5. The number of nitrogens with zero attached hydrogens (tertiary/aromatic N) is 2. The van der Waals surface area contributed by atoms with Crippen LogP contribution in [0.25, 0.3) is 0 Å². The molecular formula is C14H17F3N2O3S. The van der Waals surface area contributed by atoms with Gasteiger partial charge in [0.25, 0.3) is 0 Å². The van der Waals surface area contributed by atoms with Crippen LogP contribution in [-0.4, -0.2) is 50.2 Å². The molecule has 0 saturated carbocycles. The van der Waals surface area contributed by atoms with Gasteiger partial charge in [0.2, 0.25) is 15.9 Å². The lowest BCUT2D eigenvalue weighted by Gasteiger charge is -2.25. The van der Waals surface area contributed by atoms with Crippen LogP contribution in [0.4, 0.5) is 13.2 Å². The molecule has 0 bridgehead atoms. The third kappa shape index (κ3) is 3.50. The van der Waals surface area contributed by atoms with Gasteiger partial charge in [-0.05, 0) is 37.1 Å². The second-order valence-corrected chi connectivity index (χ2v) is 7.42. The summed E-state index contributed by atoms with van der Waals surface area (Å²) in [5, 5.41) is 0. The fourth-order valence-corrected chi connectivity index (χ4v) is 4.17. The highest BCUT2D eigenvalue weighted by molar-refractivity contribution is 7.89. The molecule has 1 aromatic carbocycles. The first-order valence-corrected chi connectivity index (χ1v) is 8.39. The van der Waals surface area contributed by atoms with Crippen LogP contribution in [0.3, 0.4) is 0 Å². The molecule has 1 atom stereocenters. The zero-order chi connectivity index (χ0) is 17.4. The first-order valence-electron chi connectivity index (χ1n) is 6.95. The maximum Gasteiger partial charge on any atom is 0.416 e. The predicted octanol–water partition coefficient (Wildman–Crippen LogP) is 1.95. The molecule has 1 heterocycles. The second-order valence-electron chi connectivity index (χ2n) is 5.53. The molecule has 1 amide bonds. The molecular weight excluding hydrogens is 333 g/mol. The quantitative estimate of drug-likeness (QED) is 0.837. The number of likely N-dealkylation sites (N-methyl/N-ethyl adjacent to an activating group) is 1. The third-order valence-corrected chi connectivity index (χ3v) is 5.64. The largest absolute Gasteiger partial charge is 0.416 e. The van der Waals surface area contributed by atoms with Crippen molar-refractivity contribution in [3.8, 4) is 0 Å². The van der Waals surface area contributed by atoms with Gasteiger partial charge in [0, 0.05) is 20.6 Å². The van der Waals surface area contributed by atoms with Gasteiger partial charge in [-0.2, -0.15) is 17.5 Å². The molecule has 0 aliphatic carbocycles. The van der Waals surface area contributed by atoms with E-state index in [9.17, 15) is 26.4 Å². The number of hydrogen-bond donors (Lipinski definition) is 0. The van der Waals surface area contributed by atoms with Crippen molar-refractivity contribution in [2.45, 2.75) is 30.0 Å². The van der Waals surface area contributed by atoms with E-state index in [1.165, 1.54) is 19.0 Å². The fraction of sp³-hybridized carbons (Fsp3) is 0.500. The van der Waals surface area contributed by atoms with Crippen molar-refractivity contribution in [2.24, 2.45) is 0 Å². The van der Waals surface area contributed by atoms with Crippen LogP contribution in [-0.2, 0) is 21.0 Å². The highest BCUT2D eigenvalue weighted by Gasteiger charge is 2.40. The van der Waals surface area contributed by atoms with Crippen LogP contribution in [0.5, 0.6) is 0 Å². The Morgan fingerprint density at radius 2 is 1.78 bits per heavy atom. The minimum Gasteiger partial charge on any atom is -0.347 e. The van der Waals surface area contributed by atoms with E-state index < -0.39 is 27.8 Å². The highest BCUT2D eigenvalue weighted by atomic mass is 32.2. The smallest absolute Gasteiger partial charge is 0.347 e. The topological polar surface area (TPSA) is 57.7 Å². The average Bonchev–Trinajstić information content (AvgIpc) is 2.95. The number of halogens is 3. The van der Waals surface area contributed by atoms with E-state index in [0.717, 1.165) is 28.6 Å². The van der Waals surface area contributed by atoms with Crippen LogP contribution in [0.15, 0.2) is 29.2 Å². The minimum absolute atomic E-state index is 0.174. The van der Waals surface area contributed by atoms with Crippen LogP contribution in [0, 0.1) is 0 Å². The Kier molecular flexibility index (Phi) is 4.72. The summed E-state index contributed by atoms with van der Waals surface area (Å²) in [5.74, 6) is -0.335. The summed E-state index contributed by atoms with van der Waals surface area (Å²) in [5.41, 5.74) is -0.918. The molecule has 23 heavy (non-hydrogen) atoms. The maximum absolute atomic E-state index is 12.6. The lowest BCUT2D eigenvalue weighted by Crippen LogP contribution is -2.45. The third-order valence-electron chi connectivity index (χ3n) is 3.72. The first kappa shape index (κ1) is 17.7. The van der Waals surface area contributed by atoms with E-state index in [1.807, 2.05) is 0 Å². The van der Waals surface area contributed by atoms with E-state index >= 15 is 0 Å². The van der Waals surface area contributed by atoms with Crippen molar-refractivity contribution in [2.75, 3.05) is 20.6 Å². The highest BCUT2D eigenvalue weighted by Crippen LogP contribution is 2.31. The molecule has 5 nitrogen and oxygen atoms in total. The Hall–Kier alpha value is -1.61. The zero-order valence-corrected chi connectivity index (χ0v) is 13.5. The van der Waals surface area contributed by atoms with Gasteiger partial charge in [-0.1, -0.05) is 0 Å². The summed E-state index contributed by atoms with van der Waals surface area (Å²) >= 11 is 0. The number of carbonyl (C=O) groups excluding carboxylic acids is 1. The number of benzene rings is 1. The molecule has 1 unspecified atom stereocenters. The van der Waals surface area contributed by atoms with Gasteiger partial charge in [0.15, 0.2) is 0 Å². The standard InChI is InChI=1S/C14H17F3N2O3S/c1-18(2)13(20)12-4-3-9-19(12)23(21,22)11-7-5-10(6-8-11)14(15,16)17/h5-8,12H,3-4,9H2,1-2H3. The molecule has 0 spiro atoms. The Balaban J connectivity index is 2.32. The Morgan fingerprint density at radius 3 is 2.26 bits per heavy atom. The van der Waals surface area contributed by atoms with Crippen LogP contribution < -0.4 is 0 Å². The molecule has 1 aliphatic heterocycles. The lowest BCUT2D eigenvalue weighted by molar-refractivity contribution is -0.137. The monoisotopic (exact) mass is 350 g/mol. The van der Waals surface area contributed by atoms with Crippen molar-refractivity contribution in [1.82, 2.24) is 9.21 Å². The van der Waals surface area contributed by atoms with Crippen LogP contribution >= 0.6 is 0 Å². The summed E-state index contributed by atoms with van der Waals surface area (Å²) in [7, 11) is -0.948. The molecule has 0 radical (unpaired) electrons. The molecule has 0 aromatic heterocycles. The van der Waals surface area contributed by atoms with E-state index in [2.05, 4.69) is 0 Å². The molecule has 9 heteroatoms. The van der Waals surface area contributed by atoms with Crippen LogP contribution in [0.2, 0.25) is 0 Å². The van der Waals surface area contributed by atoms with Crippen molar-refractivity contribution in [1.29, 1.82) is 0 Å². The Bertz CT molecular complexity index is 684. The molecule has 2 rings (SSSR count). The van der Waals surface area contributed by atoms with Crippen molar-refractivity contribution < 1.29 is 26.4 Å². The van der Waals surface area contributed by atoms with Crippen molar-refractivity contribution >= 4 is 15.9 Å². The van der Waals surface area contributed by atoms with E-state index in [4.69, 9.17) is 0 Å². The van der Waals surface area contributed by atoms with Gasteiger partial charge < -0.3 is 4.90 Å². The summed E-state index contributed by atoms with van der Waals surface area (Å²) in [6.07, 6.45) is -3.60. The summed E-state index contributed by atoms with van der Waals surface area (Å²) < 4.78 is 64.0. The predicted molar refractivity (Wildman–Crippen MR) is 77.1 cm³/mol. The van der Waals surface area contributed by atoms with Crippen molar-refractivity contribution in [3.05, 3.63) is 29.8 Å². The molecule has 0 N–H and O–H groups in total. The van der Waals surface area contributed by atoms with Gasteiger partial charge in [-0.25, -0.2) is 8.42 Å². The number of rotatable bonds is 3. The molecule has 1 aromatic rings. The van der Waals surface area contributed by atoms with Gasteiger partial charge in [-0.3, -0.25) is 4.79 Å². The summed E-state index contributed by atoms with van der Waals surface area (Å²) in [6, 6.07) is 2.50. The maximum atomic E-state index is 12.6. The average molecular weight is 350 g/mol. The molecule has 1 aliphatic rings. The molecule has 128 valence electrons. The number of hydrogen-bond acceptors (Lipinski definition) is 3. The lowest BCUT2D eigenvalue weighted by atomic mass is 10.2. The van der Waals surface area contributed by atoms with Crippen LogP contribution in [0.1, 0.15) is 18.4 Å². The van der Waals surface area contributed by atoms with Gasteiger partial charge in [0.1, 0.15) is 6.04 Å². The Morgan fingerprint density at radius 1 is 1.22 bits per heavy atom. The van der Waals surface area contributed by atoms with Crippen molar-refractivity contribution in [3.63, 3.8) is 0 Å². The number of carbonyl (C=O) groups is 1. The summed E-state index contributed by atoms with van der Waals surface area (Å²) in [6.45, 7) is 0.174. The second kappa shape index (κ2) is 6.12. The molecule has 1 saturated heterocycles. The van der Waals surface area contributed by atoms with E-state index in [0.29, 0.717) is 12.8 Å². The van der Waals surface area contributed by atoms with Gasteiger partial charge >= 0.3 is 6.18 Å². The Labute approximate surface area is 132 Å².